The number of aliphatic hydroxyl groups is 1. The molecular formula is C18H28O3. The monoisotopic (exact) mass is 292 g/mol. The molecule has 4 saturated carbocycles. The first-order chi connectivity index (χ1) is 9.74. The Labute approximate surface area is 127 Å². The van der Waals surface area contributed by atoms with Crippen LogP contribution in [0.25, 0.3) is 0 Å². The Bertz CT molecular complexity index is 449. The van der Waals surface area contributed by atoms with Gasteiger partial charge in [0.1, 0.15) is 5.60 Å². The van der Waals surface area contributed by atoms with Crippen LogP contribution in [0.4, 0.5) is 0 Å². The lowest BCUT2D eigenvalue weighted by Gasteiger charge is -2.62. The van der Waals surface area contributed by atoms with Crippen LogP contribution in [0.3, 0.4) is 0 Å². The van der Waals surface area contributed by atoms with Crippen LogP contribution < -0.4 is 0 Å². The van der Waals surface area contributed by atoms with Gasteiger partial charge in [0.25, 0.3) is 0 Å². The smallest absolute Gasteiger partial charge is 0.312 e. The maximum atomic E-state index is 12.6. The quantitative estimate of drug-likeness (QED) is 0.637. The van der Waals surface area contributed by atoms with E-state index < -0.39 is 16.6 Å². The van der Waals surface area contributed by atoms with E-state index in [1.807, 2.05) is 26.8 Å². The Kier molecular flexibility index (Phi) is 3.29. The van der Waals surface area contributed by atoms with Gasteiger partial charge in [-0.2, -0.15) is 0 Å². The van der Waals surface area contributed by atoms with Crippen molar-refractivity contribution in [3.63, 3.8) is 0 Å². The first kappa shape index (κ1) is 15.1. The minimum Gasteiger partial charge on any atom is -0.454 e. The van der Waals surface area contributed by atoms with E-state index in [0.29, 0.717) is 5.92 Å². The van der Waals surface area contributed by atoms with Crippen molar-refractivity contribution in [2.75, 3.05) is 0 Å². The summed E-state index contributed by atoms with van der Waals surface area (Å²) in [5, 5.41) is 10.7. The van der Waals surface area contributed by atoms with Gasteiger partial charge in [-0.3, -0.25) is 4.79 Å². The molecule has 0 radical (unpaired) electrons. The summed E-state index contributed by atoms with van der Waals surface area (Å²) in [6.07, 6.45) is 7.20. The second kappa shape index (κ2) is 4.58. The highest BCUT2D eigenvalue weighted by Crippen LogP contribution is 2.61. The highest BCUT2D eigenvalue weighted by molar-refractivity contribution is 5.76. The van der Waals surface area contributed by atoms with Gasteiger partial charge in [-0.15, -0.1) is 0 Å². The highest BCUT2D eigenvalue weighted by atomic mass is 16.6. The van der Waals surface area contributed by atoms with Crippen LogP contribution >= 0.6 is 0 Å². The van der Waals surface area contributed by atoms with Crippen molar-refractivity contribution in [2.45, 2.75) is 70.5 Å². The van der Waals surface area contributed by atoms with Crippen LogP contribution in [-0.2, 0) is 9.53 Å². The molecule has 4 bridgehead atoms. The van der Waals surface area contributed by atoms with E-state index in [0.717, 1.165) is 38.5 Å². The Morgan fingerprint density at radius 3 is 2.33 bits per heavy atom. The summed E-state index contributed by atoms with van der Waals surface area (Å²) in [6.45, 7) is 9.90. The average Bonchev–Trinajstić information content (AvgIpc) is 2.41. The number of hydrogen-bond donors (Lipinski definition) is 1. The summed E-state index contributed by atoms with van der Waals surface area (Å²) in [7, 11) is 0. The van der Waals surface area contributed by atoms with Gasteiger partial charge in [-0.1, -0.05) is 13.5 Å². The number of rotatable bonds is 4. The van der Waals surface area contributed by atoms with E-state index in [2.05, 4.69) is 6.58 Å². The van der Waals surface area contributed by atoms with Crippen LogP contribution in [0, 0.1) is 23.2 Å². The zero-order valence-electron chi connectivity index (χ0n) is 13.5. The lowest BCUT2D eigenvalue weighted by Crippen LogP contribution is -2.64. The van der Waals surface area contributed by atoms with Crippen LogP contribution in [-0.4, -0.2) is 22.3 Å². The molecule has 0 spiro atoms. The SMILES string of the molecule is C=CC1(OC(=O)C(C)(C)CC)C2CC3CC1CC(O)(C3)C2. The van der Waals surface area contributed by atoms with Gasteiger partial charge in [-0.25, -0.2) is 0 Å². The topological polar surface area (TPSA) is 46.5 Å². The molecule has 0 aromatic rings. The summed E-state index contributed by atoms with van der Waals surface area (Å²) in [4.78, 5) is 12.6. The van der Waals surface area contributed by atoms with Crippen LogP contribution in [0.2, 0.25) is 0 Å². The minimum absolute atomic E-state index is 0.121. The third-order valence-electron chi connectivity index (χ3n) is 6.46. The van der Waals surface area contributed by atoms with Gasteiger partial charge >= 0.3 is 5.97 Å². The first-order valence-electron chi connectivity index (χ1n) is 8.34. The molecule has 0 aromatic heterocycles. The summed E-state index contributed by atoms with van der Waals surface area (Å²) in [5.41, 5.74) is -1.52. The molecule has 4 fully saturated rings. The molecule has 2 unspecified atom stereocenters. The Morgan fingerprint density at radius 2 is 1.90 bits per heavy atom. The lowest BCUT2D eigenvalue weighted by molar-refractivity contribution is -0.230. The largest absolute Gasteiger partial charge is 0.454 e. The number of carbonyl (C=O) groups is 1. The number of hydrogen-bond acceptors (Lipinski definition) is 3. The van der Waals surface area contributed by atoms with Crippen molar-refractivity contribution in [1.82, 2.24) is 0 Å². The summed E-state index contributed by atoms with van der Waals surface area (Å²) >= 11 is 0. The van der Waals surface area contributed by atoms with Crippen molar-refractivity contribution < 1.29 is 14.6 Å². The number of ether oxygens (including phenoxy) is 1. The van der Waals surface area contributed by atoms with E-state index in [1.165, 1.54) is 0 Å². The van der Waals surface area contributed by atoms with Gasteiger partial charge in [0.2, 0.25) is 0 Å². The molecule has 1 N–H and O–H groups in total. The molecule has 4 aliphatic carbocycles. The predicted octanol–water partition coefficient (Wildman–Crippen LogP) is 3.46. The van der Waals surface area contributed by atoms with Crippen molar-refractivity contribution in [3.05, 3.63) is 12.7 Å². The maximum absolute atomic E-state index is 12.6. The molecule has 3 nitrogen and oxygen atoms in total. The van der Waals surface area contributed by atoms with E-state index in [4.69, 9.17) is 4.74 Å². The molecule has 0 aliphatic heterocycles. The van der Waals surface area contributed by atoms with Gasteiger partial charge in [-0.05, 0) is 64.4 Å². The van der Waals surface area contributed by atoms with Gasteiger partial charge in [0, 0.05) is 11.8 Å². The van der Waals surface area contributed by atoms with Gasteiger partial charge < -0.3 is 9.84 Å². The van der Waals surface area contributed by atoms with E-state index in [-0.39, 0.29) is 17.8 Å². The molecule has 0 heterocycles. The van der Waals surface area contributed by atoms with Crippen molar-refractivity contribution >= 4 is 5.97 Å². The van der Waals surface area contributed by atoms with E-state index in [9.17, 15) is 9.90 Å². The van der Waals surface area contributed by atoms with Crippen LogP contribution in [0.15, 0.2) is 12.7 Å². The second-order valence-corrected chi connectivity index (χ2v) is 8.25. The van der Waals surface area contributed by atoms with Gasteiger partial charge in [0.15, 0.2) is 0 Å². The normalized spacial score (nSPS) is 44.7. The van der Waals surface area contributed by atoms with E-state index in [1.54, 1.807) is 0 Å². The number of esters is 1. The molecule has 0 amide bonds. The molecule has 3 heteroatoms. The Balaban J connectivity index is 1.88. The fourth-order valence-electron chi connectivity index (χ4n) is 4.94. The minimum atomic E-state index is -0.549. The molecule has 2 atom stereocenters. The first-order valence-corrected chi connectivity index (χ1v) is 8.34. The number of carbonyl (C=O) groups excluding carboxylic acids is 1. The molecule has 0 saturated heterocycles. The molecule has 0 aromatic carbocycles. The zero-order chi connectivity index (χ0) is 15.5. The second-order valence-electron chi connectivity index (χ2n) is 8.25. The Morgan fingerprint density at radius 1 is 1.33 bits per heavy atom. The summed E-state index contributed by atoms with van der Waals surface area (Å²) < 4.78 is 6.10. The molecular weight excluding hydrogens is 264 g/mol. The van der Waals surface area contributed by atoms with Crippen molar-refractivity contribution in [1.29, 1.82) is 0 Å². The zero-order valence-corrected chi connectivity index (χ0v) is 13.5. The van der Waals surface area contributed by atoms with Crippen LogP contribution in [0.5, 0.6) is 0 Å². The molecule has 118 valence electrons. The standard InChI is InChI=1S/C18H28O3/c1-5-16(3,4)15(19)21-18(6-2)13-7-12-8-14(18)11-17(20,9-12)10-13/h6,12-14,20H,2,5,7-11H2,1,3-4H3. The molecule has 4 rings (SSSR count). The van der Waals surface area contributed by atoms with Crippen LogP contribution in [0.1, 0.15) is 59.3 Å². The Hall–Kier alpha value is -0.830. The van der Waals surface area contributed by atoms with Gasteiger partial charge in [0.05, 0.1) is 11.0 Å². The highest BCUT2D eigenvalue weighted by Gasteiger charge is 2.63. The van der Waals surface area contributed by atoms with Crippen molar-refractivity contribution in [2.24, 2.45) is 23.2 Å². The fraction of sp³-hybridized carbons (Fsp3) is 0.833. The molecule has 21 heavy (non-hydrogen) atoms. The summed E-state index contributed by atoms with van der Waals surface area (Å²) in [6, 6.07) is 0. The predicted molar refractivity (Wildman–Crippen MR) is 81.6 cm³/mol. The average molecular weight is 292 g/mol. The molecule has 4 aliphatic rings. The lowest BCUT2D eigenvalue weighted by atomic mass is 9.48. The summed E-state index contributed by atoms with van der Waals surface area (Å²) in [5.74, 6) is 0.952. The fourth-order valence-corrected chi connectivity index (χ4v) is 4.94. The van der Waals surface area contributed by atoms with Crippen molar-refractivity contribution in [3.8, 4) is 0 Å². The third-order valence-corrected chi connectivity index (χ3v) is 6.46. The maximum Gasteiger partial charge on any atom is 0.312 e. The third kappa shape index (κ3) is 2.16. The van der Waals surface area contributed by atoms with E-state index >= 15 is 0 Å².